The summed E-state index contributed by atoms with van der Waals surface area (Å²) in [6.07, 6.45) is 2.59. The Morgan fingerprint density at radius 1 is 1.00 bits per heavy atom. The summed E-state index contributed by atoms with van der Waals surface area (Å²) < 4.78 is 7.73. The maximum Gasteiger partial charge on any atom is 0.410 e. The second-order valence-corrected chi connectivity index (χ2v) is 8.81. The van der Waals surface area contributed by atoms with Crippen molar-refractivity contribution < 1.29 is 9.53 Å². The molecule has 0 fully saturated rings. The van der Waals surface area contributed by atoms with E-state index in [4.69, 9.17) is 9.72 Å². The maximum atomic E-state index is 12.4. The van der Waals surface area contributed by atoms with Crippen molar-refractivity contribution in [3.8, 4) is 17.1 Å². The van der Waals surface area contributed by atoms with E-state index in [-0.39, 0.29) is 6.09 Å². The largest absolute Gasteiger partial charge is 0.444 e. The van der Waals surface area contributed by atoms with Crippen LogP contribution >= 0.6 is 0 Å². The van der Waals surface area contributed by atoms with Gasteiger partial charge in [0.25, 0.3) is 0 Å². The number of benzene rings is 2. The smallest absolute Gasteiger partial charge is 0.410 e. The number of hydrogen-bond donors (Lipinski definition) is 0. The molecule has 0 aliphatic carbocycles. The predicted octanol–water partition coefficient (Wildman–Crippen LogP) is 5.87. The van der Waals surface area contributed by atoms with Gasteiger partial charge in [-0.2, -0.15) is 0 Å². The van der Waals surface area contributed by atoms with Crippen LogP contribution in [0.1, 0.15) is 38.6 Å². The van der Waals surface area contributed by atoms with Crippen LogP contribution in [0.4, 0.5) is 4.79 Å². The van der Waals surface area contributed by atoms with Crippen molar-refractivity contribution in [1.29, 1.82) is 0 Å². The molecule has 0 radical (unpaired) electrons. The van der Waals surface area contributed by atoms with E-state index in [1.54, 1.807) is 4.90 Å². The van der Waals surface area contributed by atoms with Gasteiger partial charge in [0.2, 0.25) is 0 Å². The van der Waals surface area contributed by atoms with Crippen LogP contribution in [0.3, 0.4) is 0 Å². The van der Waals surface area contributed by atoms with Crippen LogP contribution in [0.5, 0.6) is 0 Å². The molecule has 3 aromatic rings. The first-order valence-electron chi connectivity index (χ1n) is 10.7. The monoisotopic (exact) mass is 415 g/mol. The summed E-state index contributed by atoms with van der Waals surface area (Å²) in [5, 5.41) is 0. The molecule has 0 unspecified atom stereocenters. The van der Waals surface area contributed by atoms with Gasteiger partial charge < -0.3 is 9.64 Å². The van der Waals surface area contributed by atoms with E-state index in [9.17, 15) is 4.79 Å². The third kappa shape index (κ3) is 4.55. The van der Waals surface area contributed by atoms with E-state index in [1.165, 1.54) is 5.57 Å². The van der Waals surface area contributed by atoms with E-state index < -0.39 is 5.60 Å². The Morgan fingerprint density at radius 2 is 1.65 bits per heavy atom. The fourth-order valence-electron chi connectivity index (χ4n) is 3.86. The molecular weight excluding hydrogens is 386 g/mol. The van der Waals surface area contributed by atoms with Gasteiger partial charge in [-0.05, 0) is 51.8 Å². The molecule has 2 heterocycles. The molecule has 31 heavy (non-hydrogen) atoms. The molecule has 4 rings (SSSR count). The van der Waals surface area contributed by atoms with Crippen LogP contribution in [0.25, 0.3) is 22.6 Å². The Hall–Kier alpha value is -3.34. The van der Waals surface area contributed by atoms with E-state index in [2.05, 4.69) is 41.8 Å². The Kier molecular flexibility index (Phi) is 5.68. The first kappa shape index (κ1) is 20.9. The molecule has 0 atom stereocenters. The van der Waals surface area contributed by atoms with Gasteiger partial charge in [0.05, 0.1) is 5.69 Å². The normalized spacial score (nSPS) is 14.3. The number of amides is 1. The Labute approximate surface area is 184 Å². The molecule has 0 bridgehead atoms. The summed E-state index contributed by atoms with van der Waals surface area (Å²) in [5.41, 5.74) is 4.94. The van der Waals surface area contributed by atoms with Gasteiger partial charge in [-0.3, -0.25) is 4.57 Å². The average Bonchev–Trinajstić information content (AvgIpc) is 3.11. The quantitative estimate of drug-likeness (QED) is 0.537. The Morgan fingerprint density at radius 3 is 2.23 bits per heavy atom. The number of carbonyl (C=O) groups excluding carboxylic acids is 1. The Bertz CT molecular complexity index is 1090. The highest BCUT2D eigenvalue weighted by molar-refractivity contribution is 5.74. The number of aromatic nitrogens is 2. The first-order valence-corrected chi connectivity index (χ1v) is 10.7. The minimum Gasteiger partial charge on any atom is -0.444 e. The molecular formula is C26H29N3O2. The van der Waals surface area contributed by atoms with Gasteiger partial charge in [-0.1, -0.05) is 54.6 Å². The van der Waals surface area contributed by atoms with Crippen molar-refractivity contribution in [2.45, 2.75) is 39.7 Å². The van der Waals surface area contributed by atoms with Crippen molar-refractivity contribution in [1.82, 2.24) is 14.5 Å². The number of para-hydroxylation sites is 1. The molecule has 5 heteroatoms. The highest BCUT2D eigenvalue weighted by Gasteiger charge is 2.26. The lowest BCUT2D eigenvalue weighted by molar-refractivity contribution is 0.0270. The number of hydrogen-bond acceptors (Lipinski definition) is 3. The lowest BCUT2D eigenvalue weighted by Crippen LogP contribution is -2.39. The predicted molar refractivity (Wildman–Crippen MR) is 124 cm³/mol. The molecule has 0 saturated heterocycles. The summed E-state index contributed by atoms with van der Waals surface area (Å²) in [4.78, 5) is 19.2. The molecule has 1 aliphatic rings. The zero-order valence-electron chi connectivity index (χ0n) is 18.6. The molecule has 0 spiro atoms. The van der Waals surface area contributed by atoms with Crippen molar-refractivity contribution in [3.63, 3.8) is 0 Å². The van der Waals surface area contributed by atoms with Crippen LogP contribution < -0.4 is 0 Å². The van der Waals surface area contributed by atoms with Crippen molar-refractivity contribution in [2.24, 2.45) is 0 Å². The lowest BCUT2D eigenvalue weighted by Gasteiger charge is -2.29. The van der Waals surface area contributed by atoms with E-state index in [0.29, 0.717) is 13.1 Å². The summed E-state index contributed by atoms with van der Waals surface area (Å²) in [6, 6.07) is 20.6. The second-order valence-electron chi connectivity index (χ2n) is 8.81. The molecule has 0 N–H and O–H groups in total. The van der Waals surface area contributed by atoms with Gasteiger partial charge in [0.15, 0.2) is 0 Å². The van der Waals surface area contributed by atoms with Gasteiger partial charge in [-0.25, -0.2) is 9.78 Å². The lowest BCUT2D eigenvalue weighted by atomic mass is 10.0. The minimum atomic E-state index is -0.489. The number of imidazole rings is 1. The number of carbonyl (C=O) groups is 1. The Balaban J connectivity index is 1.69. The van der Waals surface area contributed by atoms with Crippen LogP contribution in [0.2, 0.25) is 0 Å². The van der Waals surface area contributed by atoms with Crippen LogP contribution in [0.15, 0.2) is 66.7 Å². The minimum absolute atomic E-state index is 0.265. The molecule has 1 aromatic heterocycles. The van der Waals surface area contributed by atoms with Crippen molar-refractivity contribution in [2.75, 3.05) is 13.1 Å². The average molecular weight is 416 g/mol. The van der Waals surface area contributed by atoms with E-state index in [0.717, 1.165) is 34.9 Å². The fraction of sp³-hybridized carbons (Fsp3) is 0.308. The molecule has 1 amide bonds. The van der Waals surface area contributed by atoms with Crippen LogP contribution in [0, 0.1) is 6.92 Å². The third-order valence-electron chi connectivity index (χ3n) is 5.32. The highest BCUT2D eigenvalue weighted by Crippen LogP contribution is 2.32. The van der Waals surface area contributed by atoms with Crippen LogP contribution in [-0.4, -0.2) is 39.2 Å². The topological polar surface area (TPSA) is 47.4 Å². The molecule has 160 valence electrons. The standard InChI is InChI=1S/C26H29N3O2/c1-19-23(20-15-17-28(18-16-20)25(30)31-26(2,3)4)27-24(21-11-7-5-8-12-21)29(19)22-13-9-6-10-14-22/h5-15H,16-18H2,1-4H3. The fourth-order valence-corrected chi connectivity index (χ4v) is 3.86. The van der Waals surface area contributed by atoms with E-state index in [1.807, 2.05) is 57.2 Å². The molecule has 5 nitrogen and oxygen atoms in total. The third-order valence-corrected chi connectivity index (χ3v) is 5.32. The molecule has 0 saturated carbocycles. The molecule has 2 aromatic carbocycles. The van der Waals surface area contributed by atoms with Gasteiger partial charge in [0.1, 0.15) is 11.4 Å². The van der Waals surface area contributed by atoms with Gasteiger partial charge >= 0.3 is 6.09 Å². The second kappa shape index (κ2) is 8.42. The first-order chi connectivity index (χ1) is 14.8. The van der Waals surface area contributed by atoms with Crippen molar-refractivity contribution >= 4 is 11.7 Å². The van der Waals surface area contributed by atoms with Gasteiger partial charge in [0, 0.05) is 30.0 Å². The number of nitrogens with zero attached hydrogens (tertiary/aromatic N) is 3. The number of ether oxygens (including phenoxy) is 1. The summed E-state index contributed by atoms with van der Waals surface area (Å²) in [7, 11) is 0. The summed E-state index contributed by atoms with van der Waals surface area (Å²) in [6.45, 7) is 8.94. The number of rotatable bonds is 3. The zero-order chi connectivity index (χ0) is 22.0. The summed E-state index contributed by atoms with van der Waals surface area (Å²) >= 11 is 0. The van der Waals surface area contributed by atoms with Gasteiger partial charge in [-0.15, -0.1) is 0 Å². The van der Waals surface area contributed by atoms with Crippen molar-refractivity contribution in [3.05, 3.63) is 78.1 Å². The maximum absolute atomic E-state index is 12.4. The van der Waals surface area contributed by atoms with E-state index >= 15 is 0 Å². The highest BCUT2D eigenvalue weighted by atomic mass is 16.6. The zero-order valence-corrected chi connectivity index (χ0v) is 18.6. The molecule has 1 aliphatic heterocycles. The SMILES string of the molecule is Cc1c(C2=CCN(C(=O)OC(C)(C)C)CC2)nc(-c2ccccc2)n1-c1ccccc1. The van der Waals surface area contributed by atoms with Crippen LogP contribution in [-0.2, 0) is 4.74 Å². The summed E-state index contributed by atoms with van der Waals surface area (Å²) in [5.74, 6) is 0.926.